The minimum absolute atomic E-state index is 0.174. The lowest BCUT2D eigenvalue weighted by Gasteiger charge is -1.99. The molecule has 19 heavy (non-hydrogen) atoms. The molecule has 2 heterocycles. The third kappa shape index (κ3) is 2.79. The van der Waals surface area contributed by atoms with Crippen LogP contribution in [0.5, 0.6) is 0 Å². The molecule has 8 heteroatoms. The van der Waals surface area contributed by atoms with Crippen molar-refractivity contribution in [3.8, 4) is 0 Å². The van der Waals surface area contributed by atoms with Crippen LogP contribution in [0.1, 0.15) is 40.0 Å². The predicted octanol–water partition coefficient (Wildman–Crippen LogP) is 1.04. The molecule has 0 radical (unpaired) electrons. The van der Waals surface area contributed by atoms with E-state index < -0.39 is 11.9 Å². The Hall–Kier alpha value is -2.64. The number of rotatable bonds is 5. The van der Waals surface area contributed by atoms with Gasteiger partial charge < -0.3 is 15.4 Å². The Balaban J connectivity index is 2.11. The lowest BCUT2D eigenvalue weighted by atomic mass is 10.2. The maximum Gasteiger partial charge on any atom is 0.354 e. The van der Waals surface area contributed by atoms with Crippen LogP contribution in [0.3, 0.4) is 0 Å². The summed E-state index contributed by atoms with van der Waals surface area (Å²) in [4.78, 5) is 28.8. The van der Waals surface area contributed by atoms with Gasteiger partial charge in [-0.25, -0.2) is 9.78 Å². The van der Waals surface area contributed by atoms with E-state index in [9.17, 15) is 9.59 Å². The lowest BCUT2D eigenvalue weighted by Crippen LogP contribution is -2.16. The number of aryl methyl sites for hydroxylation is 1. The molecular formula is C11H13N5O3. The number of carbonyl (C=O) groups excluding carboxylic acids is 1. The number of carboxylic acid groups (broad SMARTS) is 1. The summed E-state index contributed by atoms with van der Waals surface area (Å²) in [6.07, 6.45) is 2.94. The first-order valence-electron chi connectivity index (χ1n) is 5.74. The average Bonchev–Trinajstić information content (AvgIpc) is 2.98. The maximum atomic E-state index is 11.9. The van der Waals surface area contributed by atoms with Gasteiger partial charge in [-0.15, -0.1) is 0 Å². The number of aromatic nitrogens is 4. The number of aromatic carboxylic acids is 1. The molecule has 0 aliphatic carbocycles. The average molecular weight is 263 g/mol. The first-order valence-corrected chi connectivity index (χ1v) is 5.74. The number of aromatic amines is 2. The Morgan fingerprint density at radius 3 is 2.95 bits per heavy atom. The van der Waals surface area contributed by atoms with E-state index >= 15 is 0 Å². The van der Waals surface area contributed by atoms with E-state index in [1.165, 1.54) is 0 Å². The van der Waals surface area contributed by atoms with Crippen LogP contribution in [0.15, 0.2) is 12.4 Å². The smallest absolute Gasteiger partial charge is 0.354 e. The highest BCUT2D eigenvalue weighted by atomic mass is 16.4. The number of amides is 1. The standard InChI is InChI=1S/C11H13N5O3/c1-2-3-6-4-7(16-15-6)14-10(17)8-9(11(18)19)13-5-12-8/h4-5H,2-3H2,1H3,(H,12,13)(H,18,19)(H2,14,15,16,17). The minimum Gasteiger partial charge on any atom is -0.477 e. The van der Waals surface area contributed by atoms with Gasteiger partial charge in [0.15, 0.2) is 17.2 Å². The minimum atomic E-state index is -1.24. The molecule has 100 valence electrons. The van der Waals surface area contributed by atoms with Gasteiger partial charge in [0.2, 0.25) is 0 Å². The molecule has 0 saturated heterocycles. The van der Waals surface area contributed by atoms with Crippen LogP contribution in [0, 0.1) is 0 Å². The third-order valence-corrected chi connectivity index (χ3v) is 2.46. The summed E-state index contributed by atoms with van der Waals surface area (Å²) in [6.45, 7) is 2.03. The number of carboxylic acids is 1. The molecule has 2 aromatic heterocycles. The Kier molecular flexibility index (Phi) is 3.60. The zero-order chi connectivity index (χ0) is 13.8. The second-order valence-corrected chi connectivity index (χ2v) is 3.91. The Morgan fingerprint density at radius 1 is 1.47 bits per heavy atom. The summed E-state index contributed by atoms with van der Waals surface area (Å²) in [6, 6.07) is 1.70. The van der Waals surface area contributed by atoms with Crippen molar-refractivity contribution < 1.29 is 14.7 Å². The van der Waals surface area contributed by atoms with Crippen LogP contribution < -0.4 is 5.32 Å². The Bertz CT molecular complexity index is 601. The van der Waals surface area contributed by atoms with Crippen molar-refractivity contribution in [1.82, 2.24) is 20.2 Å². The number of hydrogen-bond donors (Lipinski definition) is 4. The van der Waals surface area contributed by atoms with Gasteiger partial charge in [-0.1, -0.05) is 13.3 Å². The molecule has 2 rings (SSSR count). The van der Waals surface area contributed by atoms with E-state index in [4.69, 9.17) is 5.11 Å². The molecule has 0 spiro atoms. The summed E-state index contributed by atoms with van der Waals surface area (Å²) >= 11 is 0. The van der Waals surface area contributed by atoms with Crippen LogP contribution in [0.4, 0.5) is 5.82 Å². The Labute approximate surface area is 108 Å². The van der Waals surface area contributed by atoms with Crippen molar-refractivity contribution in [2.24, 2.45) is 0 Å². The van der Waals surface area contributed by atoms with Crippen LogP contribution in [0.2, 0.25) is 0 Å². The molecule has 0 aromatic carbocycles. The molecule has 0 unspecified atom stereocenters. The first kappa shape index (κ1) is 12.8. The van der Waals surface area contributed by atoms with E-state index in [0.29, 0.717) is 5.82 Å². The van der Waals surface area contributed by atoms with Crippen molar-refractivity contribution >= 4 is 17.7 Å². The van der Waals surface area contributed by atoms with Gasteiger partial charge >= 0.3 is 5.97 Å². The zero-order valence-electron chi connectivity index (χ0n) is 10.2. The fourth-order valence-corrected chi connectivity index (χ4v) is 1.63. The van der Waals surface area contributed by atoms with Gasteiger partial charge in [0.25, 0.3) is 5.91 Å². The number of H-pyrrole nitrogens is 2. The van der Waals surface area contributed by atoms with E-state index in [1.54, 1.807) is 6.07 Å². The van der Waals surface area contributed by atoms with Gasteiger partial charge in [-0.05, 0) is 6.42 Å². The molecule has 0 saturated carbocycles. The van der Waals surface area contributed by atoms with E-state index in [0.717, 1.165) is 24.9 Å². The molecule has 0 fully saturated rings. The number of anilines is 1. The highest BCUT2D eigenvalue weighted by Gasteiger charge is 2.20. The van der Waals surface area contributed by atoms with Gasteiger partial charge in [0.05, 0.1) is 6.33 Å². The lowest BCUT2D eigenvalue weighted by molar-refractivity contribution is 0.0686. The quantitative estimate of drug-likeness (QED) is 0.641. The van der Waals surface area contributed by atoms with Crippen molar-refractivity contribution in [3.05, 3.63) is 29.5 Å². The van der Waals surface area contributed by atoms with Gasteiger partial charge in [-0.2, -0.15) is 5.10 Å². The fraction of sp³-hybridized carbons (Fsp3) is 0.273. The van der Waals surface area contributed by atoms with Crippen molar-refractivity contribution in [3.63, 3.8) is 0 Å². The number of carbonyl (C=O) groups is 2. The maximum absolute atomic E-state index is 11.9. The highest BCUT2D eigenvalue weighted by Crippen LogP contribution is 2.10. The first-order chi connectivity index (χ1) is 9.11. The summed E-state index contributed by atoms with van der Waals surface area (Å²) in [5.74, 6) is -1.52. The second kappa shape index (κ2) is 5.34. The molecule has 2 aromatic rings. The molecular weight excluding hydrogens is 250 g/mol. The second-order valence-electron chi connectivity index (χ2n) is 3.91. The topological polar surface area (TPSA) is 124 Å². The number of hydrogen-bond acceptors (Lipinski definition) is 4. The molecule has 8 nitrogen and oxygen atoms in total. The number of nitrogens with one attached hydrogen (secondary N) is 3. The molecule has 0 atom stereocenters. The summed E-state index contributed by atoms with van der Waals surface area (Å²) in [5.41, 5.74) is 0.479. The van der Waals surface area contributed by atoms with E-state index in [-0.39, 0.29) is 11.4 Å². The summed E-state index contributed by atoms with van der Waals surface area (Å²) in [5, 5.41) is 18.1. The monoisotopic (exact) mass is 263 g/mol. The van der Waals surface area contributed by atoms with E-state index in [2.05, 4.69) is 25.5 Å². The van der Waals surface area contributed by atoms with Crippen LogP contribution in [-0.4, -0.2) is 37.1 Å². The molecule has 0 bridgehead atoms. The van der Waals surface area contributed by atoms with Crippen molar-refractivity contribution in [2.75, 3.05) is 5.32 Å². The normalized spacial score (nSPS) is 10.4. The third-order valence-electron chi connectivity index (χ3n) is 2.46. The molecule has 0 aliphatic rings. The molecule has 0 aliphatic heterocycles. The van der Waals surface area contributed by atoms with Crippen LogP contribution in [-0.2, 0) is 6.42 Å². The largest absolute Gasteiger partial charge is 0.477 e. The summed E-state index contributed by atoms with van der Waals surface area (Å²) in [7, 11) is 0. The summed E-state index contributed by atoms with van der Waals surface area (Å²) < 4.78 is 0. The van der Waals surface area contributed by atoms with Crippen LogP contribution in [0.25, 0.3) is 0 Å². The number of imidazole rings is 1. The molecule has 4 N–H and O–H groups in total. The van der Waals surface area contributed by atoms with Crippen molar-refractivity contribution in [1.29, 1.82) is 0 Å². The molecule has 1 amide bonds. The fourth-order valence-electron chi connectivity index (χ4n) is 1.63. The SMILES string of the molecule is CCCc1cc(NC(=O)c2nc[nH]c2C(=O)O)n[nH]1. The predicted molar refractivity (Wildman–Crippen MR) is 66.1 cm³/mol. The van der Waals surface area contributed by atoms with Gasteiger partial charge in [0.1, 0.15) is 0 Å². The zero-order valence-corrected chi connectivity index (χ0v) is 10.2. The highest BCUT2D eigenvalue weighted by molar-refractivity contribution is 6.08. The number of nitrogens with zero attached hydrogens (tertiary/aromatic N) is 2. The van der Waals surface area contributed by atoms with Crippen molar-refractivity contribution in [2.45, 2.75) is 19.8 Å². The van der Waals surface area contributed by atoms with Gasteiger partial charge in [0, 0.05) is 11.8 Å². The van der Waals surface area contributed by atoms with Gasteiger partial charge in [-0.3, -0.25) is 9.89 Å². The Morgan fingerprint density at radius 2 is 2.26 bits per heavy atom. The van der Waals surface area contributed by atoms with E-state index in [1.807, 2.05) is 6.92 Å². The van der Waals surface area contributed by atoms with Crippen LogP contribution >= 0.6 is 0 Å².